The molecule has 0 aromatic heterocycles. The summed E-state index contributed by atoms with van der Waals surface area (Å²) in [5.74, 6) is 0. The molecule has 0 radical (unpaired) electrons. The summed E-state index contributed by atoms with van der Waals surface area (Å²) in [5, 5.41) is 1.43. The summed E-state index contributed by atoms with van der Waals surface area (Å²) < 4.78 is 0. The molecule has 1 aliphatic heterocycles. The molecule has 0 saturated heterocycles. The summed E-state index contributed by atoms with van der Waals surface area (Å²) in [4.78, 5) is 5.63. The molecule has 2 rings (SSSR count). The number of fused-ring (bicyclic) bond motifs is 1. The number of nitrogens with zero attached hydrogens (tertiary/aromatic N) is 1. The molecule has 0 fully saturated rings. The van der Waals surface area contributed by atoms with Crippen molar-refractivity contribution in [3.63, 3.8) is 0 Å². The van der Waals surface area contributed by atoms with E-state index in [9.17, 15) is 0 Å². The maximum Gasteiger partial charge on any atom is 0.0762 e. The van der Waals surface area contributed by atoms with E-state index in [1.165, 1.54) is 11.3 Å². The molecular weight excluding hydrogens is 214 g/mol. The minimum Gasteiger partial charge on any atom is -0.260 e. The van der Waals surface area contributed by atoms with Crippen molar-refractivity contribution in [3.8, 4) is 0 Å². The van der Waals surface area contributed by atoms with Crippen LogP contribution in [0.1, 0.15) is 19.8 Å². The smallest absolute Gasteiger partial charge is 0.0762 e. The van der Waals surface area contributed by atoms with Gasteiger partial charge in [-0.1, -0.05) is 18.5 Å². The lowest BCUT2D eigenvalue weighted by atomic mass is 10.2. The van der Waals surface area contributed by atoms with E-state index in [4.69, 9.17) is 11.6 Å². The summed E-state index contributed by atoms with van der Waals surface area (Å²) in [7, 11) is 0. The van der Waals surface area contributed by atoms with Gasteiger partial charge in [0.1, 0.15) is 0 Å². The Morgan fingerprint density at radius 3 is 3.21 bits per heavy atom. The first-order chi connectivity index (χ1) is 6.79. The number of rotatable bonds is 1. The molecule has 14 heavy (non-hydrogen) atoms. The molecule has 0 amide bonds. The number of hydrogen-bond acceptors (Lipinski definition) is 2. The van der Waals surface area contributed by atoms with Crippen LogP contribution in [0.2, 0.25) is 5.02 Å². The Hall–Kier alpha value is -0.470. The number of thioether (sulfide) groups is 1. The van der Waals surface area contributed by atoms with Crippen molar-refractivity contribution in [2.75, 3.05) is 0 Å². The SMILES string of the molecule is CCC1CC=Nc2ccc(Cl)cc2S1. The van der Waals surface area contributed by atoms with Gasteiger partial charge in [-0.05, 0) is 31.0 Å². The van der Waals surface area contributed by atoms with E-state index in [-0.39, 0.29) is 0 Å². The first-order valence-electron chi connectivity index (χ1n) is 4.78. The van der Waals surface area contributed by atoms with Crippen molar-refractivity contribution in [2.45, 2.75) is 29.9 Å². The van der Waals surface area contributed by atoms with Crippen molar-refractivity contribution in [2.24, 2.45) is 4.99 Å². The summed E-state index contributed by atoms with van der Waals surface area (Å²) >= 11 is 7.84. The van der Waals surface area contributed by atoms with Crippen LogP contribution < -0.4 is 0 Å². The molecule has 1 unspecified atom stereocenters. The van der Waals surface area contributed by atoms with Gasteiger partial charge in [0.15, 0.2) is 0 Å². The fourth-order valence-electron chi connectivity index (χ4n) is 1.44. The van der Waals surface area contributed by atoms with E-state index < -0.39 is 0 Å². The fraction of sp³-hybridized carbons (Fsp3) is 0.364. The van der Waals surface area contributed by atoms with Crippen LogP contribution in [0.3, 0.4) is 0 Å². The quantitative estimate of drug-likeness (QED) is 0.694. The molecule has 1 nitrogen and oxygen atoms in total. The van der Waals surface area contributed by atoms with E-state index >= 15 is 0 Å². The van der Waals surface area contributed by atoms with Crippen molar-refractivity contribution in [1.29, 1.82) is 0 Å². The number of benzene rings is 1. The summed E-state index contributed by atoms with van der Waals surface area (Å²) in [6.45, 7) is 2.21. The second-order valence-corrected chi connectivity index (χ2v) is 5.09. The van der Waals surface area contributed by atoms with Gasteiger partial charge in [0.2, 0.25) is 0 Å². The Bertz CT molecular complexity index is 362. The number of aliphatic imine (C=N–C) groups is 1. The largest absolute Gasteiger partial charge is 0.260 e. The minimum absolute atomic E-state index is 0.637. The standard InChI is InChI=1S/C11H12ClNS/c1-2-9-5-6-13-10-4-3-8(12)7-11(10)14-9/h3-4,6-7,9H,2,5H2,1H3. The van der Waals surface area contributed by atoms with E-state index in [0.717, 1.165) is 17.1 Å². The van der Waals surface area contributed by atoms with Gasteiger partial charge in [-0.15, -0.1) is 11.8 Å². The normalized spacial score (nSPS) is 20.3. The molecule has 1 heterocycles. The number of hydrogen-bond donors (Lipinski definition) is 0. The van der Waals surface area contributed by atoms with E-state index in [1.807, 2.05) is 36.2 Å². The Morgan fingerprint density at radius 2 is 2.43 bits per heavy atom. The maximum absolute atomic E-state index is 5.96. The molecule has 74 valence electrons. The highest BCUT2D eigenvalue weighted by atomic mass is 35.5. The van der Waals surface area contributed by atoms with Crippen molar-refractivity contribution >= 4 is 35.3 Å². The highest BCUT2D eigenvalue weighted by Crippen LogP contribution is 2.38. The molecule has 1 aromatic carbocycles. The minimum atomic E-state index is 0.637. The second kappa shape index (κ2) is 4.37. The Balaban J connectivity index is 2.36. The van der Waals surface area contributed by atoms with E-state index in [0.29, 0.717) is 5.25 Å². The van der Waals surface area contributed by atoms with Crippen molar-refractivity contribution < 1.29 is 0 Å². The Labute approximate surface area is 93.6 Å². The van der Waals surface area contributed by atoms with E-state index in [1.54, 1.807) is 0 Å². The third kappa shape index (κ3) is 2.12. The van der Waals surface area contributed by atoms with Crippen LogP contribution in [0.25, 0.3) is 0 Å². The van der Waals surface area contributed by atoms with Crippen LogP contribution in [0.15, 0.2) is 28.1 Å². The molecule has 1 atom stereocenters. The molecule has 0 N–H and O–H groups in total. The lowest BCUT2D eigenvalue weighted by Gasteiger charge is -2.10. The van der Waals surface area contributed by atoms with Gasteiger partial charge in [-0.25, -0.2) is 0 Å². The average Bonchev–Trinajstić information content (AvgIpc) is 2.38. The first kappa shape index (κ1) is 10.1. The highest BCUT2D eigenvalue weighted by Gasteiger charge is 2.13. The van der Waals surface area contributed by atoms with Gasteiger partial charge < -0.3 is 0 Å². The Morgan fingerprint density at radius 1 is 1.57 bits per heavy atom. The Kier molecular flexibility index (Phi) is 3.14. The molecule has 0 spiro atoms. The third-order valence-electron chi connectivity index (χ3n) is 2.27. The predicted molar refractivity (Wildman–Crippen MR) is 64.2 cm³/mol. The molecule has 3 heteroatoms. The number of halogens is 1. The molecule has 0 aliphatic carbocycles. The second-order valence-electron chi connectivity index (χ2n) is 3.31. The maximum atomic E-state index is 5.96. The zero-order valence-corrected chi connectivity index (χ0v) is 9.61. The van der Waals surface area contributed by atoms with Gasteiger partial charge in [0.25, 0.3) is 0 Å². The predicted octanol–water partition coefficient (Wildman–Crippen LogP) is 4.32. The zero-order chi connectivity index (χ0) is 9.97. The van der Waals surface area contributed by atoms with Crippen molar-refractivity contribution in [1.82, 2.24) is 0 Å². The van der Waals surface area contributed by atoms with Gasteiger partial charge in [0, 0.05) is 21.4 Å². The average molecular weight is 226 g/mol. The lowest BCUT2D eigenvalue weighted by molar-refractivity contribution is 0.866. The monoisotopic (exact) mass is 225 g/mol. The zero-order valence-electron chi connectivity index (χ0n) is 8.03. The molecule has 0 saturated carbocycles. The van der Waals surface area contributed by atoms with E-state index in [2.05, 4.69) is 11.9 Å². The van der Waals surface area contributed by atoms with Crippen LogP contribution in [0, 0.1) is 0 Å². The first-order valence-corrected chi connectivity index (χ1v) is 6.04. The van der Waals surface area contributed by atoms with Gasteiger partial charge in [-0.2, -0.15) is 0 Å². The van der Waals surface area contributed by atoms with Crippen LogP contribution in [0.4, 0.5) is 5.69 Å². The molecular formula is C11H12ClNS. The van der Waals surface area contributed by atoms with Crippen molar-refractivity contribution in [3.05, 3.63) is 23.2 Å². The van der Waals surface area contributed by atoms with Crippen LogP contribution in [-0.2, 0) is 0 Å². The summed E-state index contributed by atoms with van der Waals surface area (Å²) in [6.07, 6.45) is 4.23. The summed E-state index contributed by atoms with van der Waals surface area (Å²) in [5.41, 5.74) is 1.05. The van der Waals surface area contributed by atoms with Gasteiger partial charge in [-0.3, -0.25) is 4.99 Å². The topological polar surface area (TPSA) is 12.4 Å². The van der Waals surface area contributed by atoms with Crippen LogP contribution in [0.5, 0.6) is 0 Å². The fourth-order valence-corrected chi connectivity index (χ4v) is 2.82. The molecule has 1 aromatic rings. The highest BCUT2D eigenvalue weighted by molar-refractivity contribution is 8.00. The van der Waals surface area contributed by atoms with Gasteiger partial charge >= 0.3 is 0 Å². The lowest BCUT2D eigenvalue weighted by Crippen LogP contribution is -1.98. The third-order valence-corrected chi connectivity index (χ3v) is 3.94. The molecule has 0 bridgehead atoms. The van der Waals surface area contributed by atoms with Gasteiger partial charge in [0.05, 0.1) is 5.69 Å². The van der Waals surface area contributed by atoms with Crippen LogP contribution >= 0.6 is 23.4 Å². The molecule has 1 aliphatic rings. The summed E-state index contributed by atoms with van der Waals surface area (Å²) in [6, 6.07) is 5.89. The van der Waals surface area contributed by atoms with Crippen LogP contribution in [-0.4, -0.2) is 11.5 Å².